The molecule has 0 atom stereocenters. The molecule has 82 valence electrons. The molecule has 1 saturated carbocycles. The molecule has 0 unspecified atom stereocenters. The highest BCUT2D eigenvalue weighted by molar-refractivity contribution is 5.88. The summed E-state index contributed by atoms with van der Waals surface area (Å²) in [5.41, 5.74) is 5.00. The number of primary amides is 1. The van der Waals surface area contributed by atoms with E-state index in [1.165, 1.54) is 25.7 Å². The predicted molar refractivity (Wildman–Crippen MR) is 51.9 cm³/mol. The molecule has 0 aliphatic heterocycles. The standard InChI is InChI=1S/C9H14N4O2/c10-8(14)9-12-7(15-13-9)5-11-6-3-1-2-4-6/h6,11H,1-5H2,(H2,10,14). The van der Waals surface area contributed by atoms with E-state index in [1.54, 1.807) is 0 Å². The number of nitrogens with one attached hydrogen (secondary N) is 1. The molecule has 1 fully saturated rings. The first-order valence-corrected chi connectivity index (χ1v) is 5.11. The number of carbonyl (C=O) groups is 1. The van der Waals surface area contributed by atoms with Gasteiger partial charge in [0, 0.05) is 6.04 Å². The molecule has 15 heavy (non-hydrogen) atoms. The molecule has 1 aliphatic carbocycles. The van der Waals surface area contributed by atoms with Crippen LogP contribution in [0.4, 0.5) is 0 Å². The Morgan fingerprint density at radius 2 is 2.27 bits per heavy atom. The van der Waals surface area contributed by atoms with Gasteiger partial charge in [0.15, 0.2) is 0 Å². The highest BCUT2D eigenvalue weighted by Crippen LogP contribution is 2.17. The fourth-order valence-corrected chi connectivity index (χ4v) is 1.79. The number of aromatic nitrogens is 2. The van der Waals surface area contributed by atoms with Crippen molar-refractivity contribution in [1.29, 1.82) is 0 Å². The van der Waals surface area contributed by atoms with Gasteiger partial charge in [-0.05, 0) is 12.8 Å². The van der Waals surface area contributed by atoms with E-state index in [1.807, 2.05) is 0 Å². The summed E-state index contributed by atoms with van der Waals surface area (Å²) in [6.07, 6.45) is 4.93. The van der Waals surface area contributed by atoms with E-state index in [4.69, 9.17) is 10.3 Å². The van der Waals surface area contributed by atoms with Gasteiger partial charge in [-0.1, -0.05) is 18.0 Å². The van der Waals surface area contributed by atoms with Crippen LogP contribution in [0.1, 0.15) is 42.2 Å². The molecule has 1 heterocycles. The monoisotopic (exact) mass is 210 g/mol. The lowest BCUT2D eigenvalue weighted by Gasteiger charge is -2.08. The fraction of sp³-hybridized carbons (Fsp3) is 0.667. The van der Waals surface area contributed by atoms with Crippen molar-refractivity contribution in [1.82, 2.24) is 15.5 Å². The van der Waals surface area contributed by atoms with E-state index in [-0.39, 0.29) is 5.82 Å². The van der Waals surface area contributed by atoms with Gasteiger partial charge in [-0.3, -0.25) is 4.79 Å². The number of amides is 1. The Hall–Kier alpha value is -1.43. The number of hydrogen-bond donors (Lipinski definition) is 2. The molecule has 0 spiro atoms. The Morgan fingerprint density at radius 1 is 1.53 bits per heavy atom. The Kier molecular flexibility index (Phi) is 2.96. The van der Waals surface area contributed by atoms with Crippen molar-refractivity contribution in [3.63, 3.8) is 0 Å². The average molecular weight is 210 g/mol. The van der Waals surface area contributed by atoms with Crippen molar-refractivity contribution in [2.75, 3.05) is 0 Å². The Bertz CT molecular complexity index is 344. The van der Waals surface area contributed by atoms with Gasteiger partial charge in [-0.25, -0.2) is 0 Å². The quantitative estimate of drug-likeness (QED) is 0.740. The first-order chi connectivity index (χ1) is 7.25. The first-order valence-electron chi connectivity index (χ1n) is 5.11. The zero-order valence-corrected chi connectivity index (χ0v) is 8.40. The zero-order chi connectivity index (χ0) is 10.7. The largest absolute Gasteiger partial charge is 0.363 e. The summed E-state index contributed by atoms with van der Waals surface area (Å²) in [7, 11) is 0. The van der Waals surface area contributed by atoms with Crippen molar-refractivity contribution < 1.29 is 9.32 Å². The van der Waals surface area contributed by atoms with E-state index in [2.05, 4.69) is 15.5 Å². The van der Waals surface area contributed by atoms with E-state index < -0.39 is 5.91 Å². The summed E-state index contributed by atoms with van der Waals surface area (Å²) in [4.78, 5) is 14.5. The average Bonchev–Trinajstić information content (AvgIpc) is 2.86. The molecule has 2 rings (SSSR count). The van der Waals surface area contributed by atoms with Crippen LogP contribution in [0.25, 0.3) is 0 Å². The highest BCUT2D eigenvalue weighted by Gasteiger charge is 2.16. The number of nitrogens with two attached hydrogens (primary N) is 1. The molecule has 1 aliphatic rings. The molecular formula is C9H14N4O2. The van der Waals surface area contributed by atoms with Gasteiger partial charge in [0.05, 0.1) is 6.54 Å². The molecule has 1 aromatic heterocycles. The molecule has 0 radical (unpaired) electrons. The van der Waals surface area contributed by atoms with E-state index in [0.29, 0.717) is 18.5 Å². The maximum Gasteiger partial charge on any atom is 0.290 e. The minimum absolute atomic E-state index is 0.0572. The predicted octanol–water partition coefficient (Wildman–Crippen LogP) is 0.201. The van der Waals surface area contributed by atoms with Crippen LogP contribution in [0.2, 0.25) is 0 Å². The fourth-order valence-electron chi connectivity index (χ4n) is 1.79. The summed E-state index contributed by atoms with van der Waals surface area (Å²) in [5.74, 6) is -0.306. The van der Waals surface area contributed by atoms with Gasteiger partial charge in [0.2, 0.25) is 5.89 Å². The van der Waals surface area contributed by atoms with Crippen molar-refractivity contribution in [2.24, 2.45) is 5.73 Å². The molecule has 1 amide bonds. The van der Waals surface area contributed by atoms with Crippen LogP contribution in [0.5, 0.6) is 0 Å². The van der Waals surface area contributed by atoms with Crippen molar-refractivity contribution in [3.8, 4) is 0 Å². The lowest BCUT2D eigenvalue weighted by atomic mass is 10.2. The second kappa shape index (κ2) is 4.39. The topological polar surface area (TPSA) is 94.0 Å². The molecule has 0 aromatic carbocycles. The van der Waals surface area contributed by atoms with Crippen LogP contribution in [-0.2, 0) is 6.54 Å². The summed E-state index contributed by atoms with van der Waals surface area (Å²) >= 11 is 0. The second-order valence-corrected chi connectivity index (χ2v) is 3.74. The normalized spacial score (nSPS) is 17.1. The zero-order valence-electron chi connectivity index (χ0n) is 8.40. The highest BCUT2D eigenvalue weighted by atomic mass is 16.5. The number of carbonyl (C=O) groups excluding carboxylic acids is 1. The van der Waals surface area contributed by atoms with Crippen molar-refractivity contribution in [3.05, 3.63) is 11.7 Å². The van der Waals surface area contributed by atoms with Gasteiger partial charge in [0.25, 0.3) is 11.7 Å². The number of rotatable bonds is 4. The van der Waals surface area contributed by atoms with Crippen LogP contribution in [0.3, 0.4) is 0 Å². The third-order valence-corrected chi connectivity index (χ3v) is 2.59. The van der Waals surface area contributed by atoms with Crippen LogP contribution < -0.4 is 11.1 Å². The first kappa shape index (κ1) is 10.1. The molecule has 1 aromatic rings. The Labute approximate surface area is 87.2 Å². The van der Waals surface area contributed by atoms with Crippen LogP contribution in [0, 0.1) is 0 Å². The van der Waals surface area contributed by atoms with Crippen LogP contribution in [0.15, 0.2) is 4.52 Å². The molecule has 0 bridgehead atoms. The lowest BCUT2D eigenvalue weighted by molar-refractivity contribution is 0.0987. The third-order valence-electron chi connectivity index (χ3n) is 2.59. The third kappa shape index (κ3) is 2.53. The SMILES string of the molecule is NC(=O)c1noc(CNC2CCCC2)n1. The summed E-state index contributed by atoms with van der Waals surface area (Å²) < 4.78 is 4.86. The van der Waals surface area contributed by atoms with Crippen LogP contribution in [-0.4, -0.2) is 22.1 Å². The molecule has 0 saturated heterocycles. The maximum absolute atomic E-state index is 10.7. The van der Waals surface area contributed by atoms with Gasteiger partial charge in [0.1, 0.15) is 0 Å². The molecule has 6 heteroatoms. The number of hydrogen-bond acceptors (Lipinski definition) is 5. The number of nitrogens with zero attached hydrogens (tertiary/aromatic N) is 2. The van der Waals surface area contributed by atoms with Gasteiger partial charge in [-0.15, -0.1) is 0 Å². The summed E-state index contributed by atoms with van der Waals surface area (Å²) in [6, 6.07) is 0.536. The minimum Gasteiger partial charge on any atom is -0.363 e. The van der Waals surface area contributed by atoms with E-state index in [9.17, 15) is 4.79 Å². The summed E-state index contributed by atoms with van der Waals surface area (Å²) in [5, 5.41) is 6.76. The van der Waals surface area contributed by atoms with E-state index >= 15 is 0 Å². The molecule has 3 N–H and O–H groups in total. The smallest absolute Gasteiger partial charge is 0.290 e. The van der Waals surface area contributed by atoms with Gasteiger partial charge >= 0.3 is 0 Å². The van der Waals surface area contributed by atoms with Crippen molar-refractivity contribution in [2.45, 2.75) is 38.3 Å². The van der Waals surface area contributed by atoms with Gasteiger partial charge in [-0.2, -0.15) is 4.98 Å². The second-order valence-electron chi connectivity index (χ2n) is 3.74. The lowest BCUT2D eigenvalue weighted by Crippen LogP contribution is -2.25. The summed E-state index contributed by atoms with van der Waals surface area (Å²) in [6.45, 7) is 0.505. The van der Waals surface area contributed by atoms with E-state index in [0.717, 1.165) is 0 Å². The maximum atomic E-state index is 10.7. The Morgan fingerprint density at radius 3 is 2.87 bits per heavy atom. The molecular weight excluding hydrogens is 196 g/mol. The van der Waals surface area contributed by atoms with Crippen LogP contribution >= 0.6 is 0 Å². The molecule has 6 nitrogen and oxygen atoms in total. The minimum atomic E-state index is -0.661. The Balaban J connectivity index is 1.84. The van der Waals surface area contributed by atoms with Crippen molar-refractivity contribution >= 4 is 5.91 Å². The van der Waals surface area contributed by atoms with Gasteiger partial charge < -0.3 is 15.6 Å².